The van der Waals surface area contributed by atoms with E-state index < -0.39 is 17.2 Å². The highest BCUT2D eigenvalue weighted by molar-refractivity contribution is 6.02. The van der Waals surface area contributed by atoms with E-state index >= 15 is 0 Å². The maximum Gasteiger partial charge on any atom is 0.416 e. The Morgan fingerprint density at radius 2 is 1.71 bits per heavy atom. The van der Waals surface area contributed by atoms with Crippen LogP contribution in [0, 0.1) is 0 Å². The molecule has 1 heterocycles. The Balaban J connectivity index is 1.48. The van der Waals surface area contributed by atoms with Gasteiger partial charge in [-0.25, -0.2) is 0 Å². The van der Waals surface area contributed by atoms with Crippen molar-refractivity contribution in [3.63, 3.8) is 0 Å². The van der Waals surface area contributed by atoms with Crippen LogP contribution in [0.5, 0.6) is 11.5 Å². The number of halogens is 3. The Morgan fingerprint density at radius 1 is 0.941 bits per heavy atom. The van der Waals surface area contributed by atoms with Crippen LogP contribution in [0.1, 0.15) is 49.3 Å². The number of alkyl halides is 3. The van der Waals surface area contributed by atoms with Gasteiger partial charge in [0.1, 0.15) is 0 Å². The Morgan fingerprint density at radius 3 is 2.41 bits per heavy atom. The van der Waals surface area contributed by atoms with Gasteiger partial charge in [0.15, 0.2) is 11.5 Å². The topological polar surface area (TPSA) is 47.6 Å². The van der Waals surface area contributed by atoms with Crippen LogP contribution < -0.4 is 14.8 Å². The van der Waals surface area contributed by atoms with E-state index in [1.807, 2.05) is 38.1 Å². The Bertz CT molecular complexity index is 1260. The van der Waals surface area contributed by atoms with Gasteiger partial charge in [-0.15, -0.1) is 0 Å². The number of nitrogens with one attached hydrogen (secondary N) is 1. The zero-order valence-electron chi connectivity index (χ0n) is 18.8. The Kier molecular flexibility index (Phi) is 5.30. The summed E-state index contributed by atoms with van der Waals surface area (Å²) in [6.45, 7) is 4.19. The van der Waals surface area contributed by atoms with Crippen LogP contribution in [-0.2, 0) is 16.4 Å². The summed E-state index contributed by atoms with van der Waals surface area (Å²) in [7, 11) is 0. The first-order valence-electron chi connectivity index (χ1n) is 11.2. The number of anilines is 1. The fraction of sp³-hybridized carbons (Fsp3) is 0.296. The van der Waals surface area contributed by atoms with Gasteiger partial charge in [0.25, 0.3) is 0 Å². The van der Waals surface area contributed by atoms with Crippen LogP contribution in [0.4, 0.5) is 18.9 Å². The Labute approximate surface area is 195 Å². The summed E-state index contributed by atoms with van der Waals surface area (Å²) in [5, 5.41) is 2.76. The third kappa shape index (κ3) is 4.11. The number of fused-ring (bicyclic) bond motifs is 1. The molecular weight excluding hydrogens is 443 g/mol. The number of rotatable bonds is 5. The summed E-state index contributed by atoms with van der Waals surface area (Å²) < 4.78 is 51.9. The van der Waals surface area contributed by atoms with Crippen molar-refractivity contribution >= 4 is 11.6 Å². The van der Waals surface area contributed by atoms with Gasteiger partial charge in [-0.3, -0.25) is 4.79 Å². The molecule has 2 aliphatic rings. The van der Waals surface area contributed by atoms with Crippen LogP contribution in [0.15, 0.2) is 60.7 Å². The average Bonchev–Trinajstić information content (AvgIpc) is 3.49. The molecule has 0 spiro atoms. The van der Waals surface area contributed by atoms with Gasteiger partial charge in [0.2, 0.25) is 12.7 Å². The predicted molar refractivity (Wildman–Crippen MR) is 123 cm³/mol. The highest BCUT2D eigenvalue weighted by Gasteiger charge is 2.51. The maximum absolute atomic E-state index is 13.7. The fourth-order valence-corrected chi connectivity index (χ4v) is 4.32. The molecule has 1 saturated carbocycles. The largest absolute Gasteiger partial charge is 0.454 e. The second-order valence-corrected chi connectivity index (χ2v) is 9.18. The van der Waals surface area contributed by atoms with Crippen molar-refractivity contribution in [2.45, 2.75) is 44.2 Å². The third-order valence-electron chi connectivity index (χ3n) is 6.51. The van der Waals surface area contributed by atoms with Crippen LogP contribution >= 0.6 is 0 Å². The van der Waals surface area contributed by atoms with E-state index in [1.165, 1.54) is 0 Å². The molecule has 0 aromatic heterocycles. The van der Waals surface area contributed by atoms with Gasteiger partial charge < -0.3 is 14.8 Å². The molecule has 176 valence electrons. The minimum atomic E-state index is -4.54. The molecule has 1 amide bonds. The molecule has 0 saturated heterocycles. The number of hydrogen-bond acceptors (Lipinski definition) is 3. The summed E-state index contributed by atoms with van der Waals surface area (Å²) in [6.07, 6.45) is -3.32. The fourth-order valence-electron chi connectivity index (χ4n) is 4.32. The minimum absolute atomic E-state index is 0.122. The van der Waals surface area contributed by atoms with Crippen LogP contribution in [0.25, 0.3) is 11.1 Å². The molecule has 5 rings (SSSR count). The first kappa shape index (κ1) is 22.3. The van der Waals surface area contributed by atoms with Crippen LogP contribution in [0.2, 0.25) is 0 Å². The van der Waals surface area contributed by atoms with Crippen molar-refractivity contribution in [1.29, 1.82) is 0 Å². The van der Waals surface area contributed by atoms with Crippen molar-refractivity contribution in [3.8, 4) is 22.6 Å². The van der Waals surface area contributed by atoms with Gasteiger partial charge in [-0.2, -0.15) is 13.2 Å². The molecule has 1 fully saturated rings. The van der Waals surface area contributed by atoms with Gasteiger partial charge in [0, 0.05) is 5.69 Å². The molecule has 1 aliphatic heterocycles. The summed E-state index contributed by atoms with van der Waals surface area (Å²) >= 11 is 0. The average molecular weight is 467 g/mol. The standard InChI is InChI=1S/C27H24F3NO3/c1-16(2)17-4-3-5-18(10-17)19-11-21(27(28,29)30)13-22(12-19)31-25(32)26(8-9-26)20-6-7-23-24(14-20)34-15-33-23/h3-7,10-14,16H,8-9,15H2,1-2H3,(H,31,32). The normalized spacial score (nSPS) is 15.9. The molecule has 3 aromatic carbocycles. The molecule has 4 nitrogen and oxygen atoms in total. The van der Waals surface area contributed by atoms with Crippen LogP contribution in [-0.4, -0.2) is 12.7 Å². The molecule has 0 radical (unpaired) electrons. The lowest BCUT2D eigenvalue weighted by Gasteiger charge is -2.18. The monoisotopic (exact) mass is 467 g/mol. The molecule has 0 bridgehead atoms. The van der Waals surface area contributed by atoms with Crippen molar-refractivity contribution < 1.29 is 27.4 Å². The van der Waals surface area contributed by atoms with E-state index in [0.29, 0.717) is 35.5 Å². The van der Waals surface area contributed by atoms with Gasteiger partial charge in [-0.05, 0) is 71.3 Å². The van der Waals surface area contributed by atoms with E-state index in [0.717, 1.165) is 23.3 Å². The van der Waals surface area contributed by atoms with Crippen molar-refractivity contribution in [3.05, 3.63) is 77.4 Å². The SMILES string of the molecule is CC(C)c1cccc(-c2cc(NC(=O)C3(c4ccc5c(c4)OCO5)CC3)cc(C(F)(F)F)c2)c1. The predicted octanol–water partition coefficient (Wildman–Crippen LogP) is 6.89. The molecule has 1 aliphatic carbocycles. The molecule has 0 atom stereocenters. The molecule has 7 heteroatoms. The number of benzene rings is 3. The number of amides is 1. The zero-order chi connectivity index (χ0) is 24.1. The highest BCUT2D eigenvalue weighted by atomic mass is 19.4. The molecule has 1 N–H and O–H groups in total. The van der Waals surface area contributed by atoms with E-state index in [4.69, 9.17) is 9.47 Å². The third-order valence-corrected chi connectivity index (χ3v) is 6.51. The molecule has 34 heavy (non-hydrogen) atoms. The van der Waals surface area contributed by atoms with E-state index in [2.05, 4.69) is 5.32 Å². The summed E-state index contributed by atoms with van der Waals surface area (Å²) in [5.41, 5.74) is 1.41. The van der Waals surface area contributed by atoms with E-state index in [-0.39, 0.29) is 24.3 Å². The van der Waals surface area contributed by atoms with E-state index in [9.17, 15) is 18.0 Å². The van der Waals surface area contributed by atoms with Crippen molar-refractivity contribution in [2.75, 3.05) is 12.1 Å². The lowest BCUT2D eigenvalue weighted by molar-refractivity contribution is -0.137. The van der Waals surface area contributed by atoms with Gasteiger partial charge in [-0.1, -0.05) is 44.2 Å². The zero-order valence-corrected chi connectivity index (χ0v) is 18.8. The highest BCUT2D eigenvalue weighted by Crippen LogP contribution is 2.51. The summed E-state index contributed by atoms with van der Waals surface area (Å²) in [5.74, 6) is 1.10. The first-order chi connectivity index (χ1) is 16.2. The minimum Gasteiger partial charge on any atom is -0.454 e. The quantitative estimate of drug-likeness (QED) is 0.444. The van der Waals surface area contributed by atoms with Crippen molar-refractivity contribution in [1.82, 2.24) is 0 Å². The lowest BCUT2D eigenvalue weighted by Crippen LogP contribution is -2.28. The lowest BCUT2D eigenvalue weighted by atomic mass is 9.93. The summed E-state index contributed by atoms with van der Waals surface area (Å²) in [4.78, 5) is 13.3. The Hall–Kier alpha value is -3.48. The number of ether oxygens (including phenoxy) is 2. The number of carbonyl (C=O) groups excluding carboxylic acids is 1. The van der Waals surface area contributed by atoms with Crippen LogP contribution in [0.3, 0.4) is 0 Å². The number of hydrogen-bond donors (Lipinski definition) is 1. The second-order valence-electron chi connectivity index (χ2n) is 9.18. The smallest absolute Gasteiger partial charge is 0.416 e. The summed E-state index contributed by atoms with van der Waals surface area (Å²) in [6, 6.07) is 16.5. The molecule has 3 aromatic rings. The number of carbonyl (C=O) groups is 1. The maximum atomic E-state index is 13.7. The van der Waals surface area contributed by atoms with Crippen molar-refractivity contribution in [2.24, 2.45) is 0 Å². The van der Waals surface area contributed by atoms with Gasteiger partial charge in [0.05, 0.1) is 11.0 Å². The van der Waals surface area contributed by atoms with Gasteiger partial charge >= 0.3 is 6.18 Å². The van der Waals surface area contributed by atoms with E-state index in [1.54, 1.807) is 24.3 Å². The molecule has 0 unspecified atom stereocenters. The first-order valence-corrected chi connectivity index (χ1v) is 11.2. The molecular formula is C27H24F3NO3. The second kappa shape index (κ2) is 8.08.